The van der Waals surface area contributed by atoms with E-state index in [0.717, 1.165) is 28.3 Å². The molecule has 2 aromatic carbocycles. The SMILES string of the molecule is COc1ccccc1C(C)(CO)Cc1ccc(Cl)cc1. The van der Waals surface area contributed by atoms with E-state index in [0.29, 0.717) is 0 Å². The van der Waals surface area contributed by atoms with Crippen molar-refractivity contribution in [1.82, 2.24) is 0 Å². The molecule has 0 heterocycles. The van der Waals surface area contributed by atoms with Crippen LogP contribution in [0, 0.1) is 0 Å². The zero-order valence-corrected chi connectivity index (χ0v) is 12.5. The van der Waals surface area contributed by atoms with E-state index >= 15 is 0 Å². The summed E-state index contributed by atoms with van der Waals surface area (Å²) in [7, 11) is 1.65. The molecule has 0 fully saturated rings. The van der Waals surface area contributed by atoms with Crippen molar-refractivity contribution in [2.45, 2.75) is 18.8 Å². The van der Waals surface area contributed by atoms with Gasteiger partial charge < -0.3 is 9.84 Å². The van der Waals surface area contributed by atoms with Gasteiger partial charge in [-0.2, -0.15) is 0 Å². The molecular formula is C17H19ClO2. The summed E-state index contributed by atoms with van der Waals surface area (Å²) >= 11 is 5.91. The molecule has 1 unspecified atom stereocenters. The zero-order chi connectivity index (χ0) is 14.6. The minimum absolute atomic E-state index is 0.0516. The molecule has 2 aromatic rings. The highest BCUT2D eigenvalue weighted by Crippen LogP contribution is 2.34. The molecule has 1 N–H and O–H groups in total. The van der Waals surface area contributed by atoms with Gasteiger partial charge in [0.2, 0.25) is 0 Å². The number of para-hydroxylation sites is 1. The maximum atomic E-state index is 9.89. The van der Waals surface area contributed by atoms with Crippen molar-refractivity contribution in [3.8, 4) is 5.75 Å². The highest BCUT2D eigenvalue weighted by molar-refractivity contribution is 6.30. The van der Waals surface area contributed by atoms with Crippen molar-refractivity contribution in [1.29, 1.82) is 0 Å². The third kappa shape index (κ3) is 3.14. The summed E-state index contributed by atoms with van der Waals surface area (Å²) in [5.74, 6) is 0.804. The fourth-order valence-corrected chi connectivity index (χ4v) is 2.56. The van der Waals surface area contributed by atoms with Crippen LogP contribution in [0.2, 0.25) is 5.02 Å². The Labute approximate surface area is 125 Å². The zero-order valence-electron chi connectivity index (χ0n) is 11.8. The molecule has 2 rings (SSSR count). The summed E-state index contributed by atoms with van der Waals surface area (Å²) < 4.78 is 5.42. The van der Waals surface area contributed by atoms with Crippen LogP contribution in [0.25, 0.3) is 0 Å². The molecule has 0 radical (unpaired) electrons. The van der Waals surface area contributed by atoms with E-state index in [1.807, 2.05) is 55.5 Å². The van der Waals surface area contributed by atoms with E-state index in [1.165, 1.54) is 0 Å². The Bertz CT molecular complexity index is 565. The van der Waals surface area contributed by atoms with Gasteiger partial charge in [-0.3, -0.25) is 0 Å². The van der Waals surface area contributed by atoms with Gasteiger partial charge >= 0.3 is 0 Å². The van der Waals surface area contributed by atoms with Crippen molar-refractivity contribution in [2.24, 2.45) is 0 Å². The number of hydrogen-bond donors (Lipinski definition) is 1. The molecule has 0 bridgehead atoms. The lowest BCUT2D eigenvalue weighted by Gasteiger charge is -2.29. The van der Waals surface area contributed by atoms with Crippen LogP contribution in [-0.2, 0) is 11.8 Å². The molecule has 1 atom stereocenters. The van der Waals surface area contributed by atoms with Crippen molar-refractivity contribution < 1.29 is 9.84 Å². The first-order chi connectivity index (χ1) is 9.59. The normalized spacial score (nSPS) is 13.8. The fourth-order valence-electron chi connectivity index (χ4n) is 2.43. The molecule has 3 heteroatoms. The molecular weight excluding hydrogens is 272 g/mol. The van der Waals surface area contributed by atoms with Crippen LogP contribution >= 0.6 is 11.6 Å². The van der Waals surface area contributed by atoms with E-state index in [2.05, 4.69) is 0 Å². The fraction of sp³-hybridized carbons (Fsp3) is 0.294. The van der Waals surface area contributed by atoms with Crippen LogP contribution in [0.15, 0.2) is 48.5 Å². The average Bonchev–Trinajstić information content (AvgIpc) is 2.49. The molecule has 0 aromatic heterocycles. The third-order valence-electron chi connectivity index (χ3n) is 3.61. The minimum atomic E-state index is -0.388. The quantitative estimate of drug-likeness (QED) is 0.906. The van der Waals surface area contributed by atoms with Gasteiger partial charge in [-0.25, -0.2) is 0 Å². The van der Waals surface area contributed by atoms with Gasteiger partial charge in [0.05, 0.1) is 13.7 Å². The van der Waals surface area contributed by atoms with E-state index in [1.54, 1.807) is 7.11 Å². The lowest BCUT2D eigenvalue weighted by molar-refractivity contribution is 0.201. The van der Waals surface area contributed by atoms with Crippen LogP contribution in [0.4, 0.5) is 0 Å². The molecule has 2 nitrogen and oxygen atoms in total. The van der Waals surface area contributed by atoms with Gasteiger partial charge in [0.1, 0.15) is 5.75 Å². The Hall–Kier alpha value is -1.51. The molecule has 0 saturated heterocycles. The second-order valence-corrected chi connectivity index (χ2v) is 5.66. The van der Waals surface area contributed by atoms with E-state index in [4.69, 9.17) is 16.3 Å². The third-order valence-corrected chi connectivity index (χ3v) is 3.87. The molecule has 0 amide bonds. The minimum Gasteiger partial charge on any atom is -0.496 e. The first kappa shape index (κ1) is 14.9. The van der Waals surface area contributed by atoms with Crippen LogP contribution < -0.4 is 4.74 Å². The van der Waals surface area contributed by atoms with Gasteiger partial charge in [0.15, 0.2) is 0 Å². The number of hydrogen-bond acceptors (Lipinski definition) is 2. The number of aliphatic hydroxyl groups is 1. The maximum absolute atomic E-state index is 9.89. The van der Waals surface area contributed by atoms with Gasteiger partial charge in [-0.15, -0.1) is 0 Å². The molecule has 20 heavy (non-hydrogen) atoms. The monoisotopic (exact) mass is 290 g/mol. The van der Waals surface area contributed by atoms with Gasteiger partial charge in [0, 0.05) is 16.0 Å². The maximum Gasteiger partial charge on any atom is 0.122 e. The summed E-state index contributed by atoms with van der Waals surface area (Å²) in [6.07, 6.45) is 0.723. The Morgan fingerprint density at radius 1 is 1.10 bits per heavy atom. The van der Waals surface area contributed by atoms with Crippen molar-refractivity contribution in [3.63, 3.8) is 0 Å². The number of rotatable bonds is 5. The van der Waals surface area contributed by atoms with Crippen molar-refractivity contribution >= 4 is 11.6 Å². The second-order valence-electron chi connectivity index (χ2n) is 5.22. The average molecular weight is 291 g/mol. The molecule has 0 saturated carbocycles. The Balaban J connectivity index is 2.35. The number of benzene rings is 2. The lowest BCUT2D eigenvalue weighted by atomic mass is 9.77. The summed E-state index contributed by atoms with van der Waals surface area (Å²) in [5.41, 5.74) is 1.76. The number of aliphatic hydroxyl groups excluding tert-OH is 1. The number of ether oxygens (including phenoxy) is 1. The smallest absolute Gasteiger partial charge is 0.122 e. The predicted molar refractivity (Wildman–Crippen MR) is 82.6 cm³/mol. The predicted octanol–water partition coefficient (Wildman–Crippen LogP) is 3.84. The second kappa shape index (κ2) is 6.29. The summed E-state index contributed by atoms with van der Waals surface area (Å²) in [5, 5.41) is 10.6. The topological polar surface area (TPSA) is 29.5 Å². The standard InChI is InChI=1S/C17H19ClO2/c1-17(12-19,11-13-7-9-14(18)10-8-13)15-5-3-4-6-16(15)20-2/h3-10,19H,11-12H2,1-2H3. The Morgan fingerprint density at radius 3 is 2.35 bits per heavy atom. The van der Waals surface area contributed by atoms with Gasteiger partial charge in [-0.1, -0.05) is 48.9 Å². The molecule has 0 spiro atoms. The van der Waals surface area contributed by atoms with E-state index in [-0.39, 0.29) is 12.0 Å². The van der Waals surface area contributed by atoms with Gasteiger partial charge in [0.25, 0.3) is 0 Å². The summed E-state index contributed by atoms with van der Waals surface area (Å²) in [6, 6.07) is 15.6. The van der Waals surface area contributed by atoms with Gasteiger partial charge in [-0.05, 0) is 30.2 Å². The molecule has 0 aliphatic heterocycles. The first-order valence-electron chi connectivity index (χ1n) is 6.58. The van der Waals surface area contributed by atoms with Crippen molar-refractivity contribution in [2.75, 3.05) is 13.7 Å². The highest BCUT2D eigenvalue weighted by Gasteiger charge is 2.29. The Kier molecular flexibility index (Phi) is 4.69. The molecule has 0 aliphatic carbocycles. The van der Waals surface area contributed by atoms with Crippen LogP contribution in [0.1, 0.15) is 18.1 Å². The number of methoxy groups -OCH3 is 1. The Morgan fingerprint density at radius 2 is 1.75 bits per heavy atom. The first-order valence-corrected chi connectivity index (χ1v) is 6.95. The van der Waals surface area contributed by atoms with Crippen LogP contribution in [-0.4, -0.2) is 18.8 Å². The summed E-state index contributed by atoms with van der Waals surface area (Å²) in [6.45, 7) is 2.09. The van der Waals surface area contributed by atoms with Crippen molar-refractivity contribution in [3.05, 3.63) is 64.7 Å². The molecule has 0 aliphatic rings. The van der Waals surface area contributed by atoms with Crippen LogP contribution in [0.3, 0.4) is 0 Å². The highest BCUT2D eigenvalue weighted by atomic mass is 35.5. The largest absolute Gasteiger partial charge is 0.496 e. The lowest BCUT2D eigenvalue weighted by Crippen LogP contribution is -2.30. The summed E-state index contributed by atoms with van der Waals surface area (Å²) in [4.78, 5) is 0. The van der Waals surface area contributed by atoms with E-state index in [9.17, 15) is 5.11 Å². The van der Waals surface area contributed by atoms with E-state index < -0.39 is 0 Å². The number of halogens is 1. The molecule has 106 valence electrons. The van der Waals surface area contributed by atoms with Crippen LogP contribution in [0.5, 0.6) is 5.75 Å².